The molecule has 12 heavy (non-hydrogen) atoms. The summed E-state index contributed by atoms with van der Waals surface area (Å²) in [6.07, 6.45) is 0. The van der Waals surface area contributed by atoms with Crippen molar-refractivity contribution in [1.82, 2.24) is 4.68 Å². The van der Waals surface area contributed by atoms with Gasteiger partial charge in [-0.1, -0.05) is 18.2 Å². The fraction of sp³-hybridized carbons (Fsp3) is 0. The maximum Gasteiger partial charge on any atom is 0.143 e. The number of nitrogen functional groups attached to an aromatic ring is 1. The molecule has 0 unspecified atom stereocenters. The molecule has 0 aliphatic carbocycles. The minimum atomic E-state index is 0.314. The zero-order valence-electron chi connectivity index (χ0n) is 6.49. The van der Waals surface area contributed by atoms with Crippen molar-refractivity contribution in [2.45, 2.75) is 0 Å². The average molecular weight is 159 g/mol. The highest BCUT2D eigenvalue weighted by molar-refractivity contribution is 5.78. The van der Waals surface area contributed by atoms with Gasteiger partial charge in [-0.25, -0.2) is 4.68 Å². The molecule has 2 aromatic rings. The molecule has 0 amide bonds. The van der Waals surface area contributed by atoms with Gasteiger partial charge in [-0.15, -0.1) is 0 Å². The lowest BCUT2D eigenvalue weighted by Gasteiger charge is -2.03. The molecular formula is C9H9N3. The van der Waals surface area contributed by atoms with Crippen molar-refractivity contribution in [3.8, 4) is 0 Å². The number of benzene rings is 1. The summed E-state index contributed by atoms with van der Waals surface area (Å²) in [5, 5.41) is 8.49. The molecule has 3 nitrogen and oxygen atoms in total. The Kier molecular flexibility index (Phi) is 1.37. The van der Waals surface area contributed by atoms with Crippen LogP contribution in [0.3, 0.4) is 0 Å². The van der Waals surface area contributed by atoms with Crippen LogP contribution in [0.4, 0.5) is 0 Å². The first kappa shape index (κ1) is 6.91. The van der Waals surface area contributed by atoms with Gasteiger partial charge in [-0.2, -0.15) is 0 Å². The number of nitrogens with one attached hydrogen (secondary N) is 1. The first-order valence-corrected chi connectivity index (χ1v) is 3.69. The van der Waals surface area contributed by atoms with E-state index in [0.29, 0.717) is 5.49 Å². The molecule has 0 fully saturated rings. The number of fused-ring (bicyclic) bond motifs is 1. The minimum absolute atomic E-state index is 0.314. The maximum absolute atomic E-state index is 7.44. The van der Waals surface area contributed by atoms with Crippen LogP contribution < -0.4 is 11.3 Å². The van der Waals surface area contributed by atoms with Crippen LogP contribution in [0.15, 0.2) is 36.4 Å². The van der Waals surface area contributed by atoms with Crippen molar-refractivity contribution in [1.29, 1.82) is 5.41 Å². The zero-order chi connectivity index (χ0) is 8.55. The standard InChI is InChI=1S/C9H9N3/c10-9-6-5-7-3-1-2-4-8(7)12(9)11/h1-6,10H,11H2. The number of nitrogens with two attached hydrogens (primary N) is 1. The van der Waals surface area contributed by atoms with Crippen LogP contribution >= 0.6 is 0 Å². The van der Waals surface area contributed by atoms with Crippen molar-refractivity contribution in [3.63, 3.8) is 0 Å². The van der Waals surface area contributed by atoms with Crippen LogP contribution in [-0.2, 0) is 0 Å². The Hall–Kier alpha value is -1.77. The van der Waals surface area contributed by atoms with Gasteiger partial charge in [0.1, 0.15) is 5.49 Å². The van der Waals surface area contributed by atoms with E-state index in [4.69, 9.17) is 11.3 Å². The van der Waals surface area contributed by atoms with Gasteiger partial charge < -0.3 is 5.84 Å². The number of pyridine rings is 1. The summed E-state index contributed by atoms with van der Waals surface area (Å²) in [5.41, 5.74) is 1.19. The molecule has 60 valence electrons. The van der Waals surface area contributed by atoms with Crippen molar-refractivity contribution in [2.24, 2.45) is 0 Å². The maximum atomic E-state index is 7.44. The number of hydrogen-bond acceptors (Lipinski definition) is 2. The third-order valence-electron chi connectivity index (χ3n) is 1.88. The first-order valence-electron chi connectivity index (χ1n) is 3.69. The van der Waals surface area contributed by atoms with Crippen LogP contribution in [0.25, 0.3) is 10.9 Å². The van der Waals surface area contributed by atoms with Gasteiger partial charge in [-0.3, -0.25) is 5.41 Å². The average Bonchev–Trinajstić information content (AvgIpc) is 2.12. The summed E-state index contributed by atoms with van der Waals surface area (Å²) < 4.78 is 1.37. The molecule has 0 saturated heterocycles. The van der Waals surface area contributed by atoms with Crippen LogP contribution in [0, 0.1) is 5.41 Å². The summed E-state index contributed by atoms with van der Waals surface area (Å²) in [4.78, 5) is 0. The topological polar surface area (TPSA) is 54.8 Å². The Morgan fingerprint density at radius 3 is 2.67 bits per heavy atom. The van der Waals surface area contributed by atoms with Crippen molar-refractivity contribution >= 4 is 10.9 Å². The summed E-state index contributed by atoms with van der Waals surface area (Å²) >= 11 is 0. The van der Waals surface area contributed by atoms with Crippen LogP contribution in [0.1, 0.15) is 0 Å². The Morgan fingerprint density at radius 1 is 1.08 bits per heavy atom. The fourth-order valence-electron chi connectivity index (χ4n) is 1.23. The van der Waals surface area contributed by atoms with Crippen molar-refractivity contribution in [3.05, 3.63) is 41.9 Å². The van der Waals surface area contributed by atoms with Gasteiger partial charge in [0, 0.05) is 5.39 Å². The molecule has 1 aromatic heterocycles. The second-order valence-corrected chi connectivity index (χ2v) is 2.65. The molecule has 0 spiro atoms. The molecule has 3 heteroatoms. The molecule has 2 rings (SSSR count). The number of hydrogen-bond donors (Lipinski definition) is 2. The van der Waals surface area contributed by atoms with E-state index in [0.717, 1.165) is 10.9 Å². The SMILES string of the molecule is N=c1ccc2ccccc2n1N. The third-order valence-corrected chi connectivity index (χ3v) is 1.88. The van der Waals surface area contributed by atoms with Crippen LogP contribution in [0.2, 0.25) is 0 Å². The van der Waals surface area contributed by atoms with E-state index in [1.807, 2.05) is 30.3 Å². The largest absolute Gasteiger partial charge is 0.337 e. The predicted octanol–water partition coefficient (Wildman–Crippen LogP) is 0.835. The molecule has 0 bridgehead atoms. The van der Waals surface area contributed by atoms with Gasteiger partial charge in [0.05, 0.1) is 5.52 Å². The van der Waals surface area contributed by atoms with Gasteiger partial charge in [0.25, 0.3) is 0 Å². The second kappa shape index (κ2) is 2.37. The van der Waals surface area contributed by atoms with E-state index >= 15 is 0 Å². The molecule has 1 aromatic carbocycles. The van der Waals surface area contributed by atoms with E-state index in [2.05, 4.69) is 0 Å². The lowest BCUT2D eigenvalue weighted by atomic mass is 10.2. The predicted molar refractivity (Wildman–Crippen MR) is 47.9 cm³/mol. The molecule has 1 heterocycles. The van der Waals surface area contributed by atoms with Crippen molar-refractivity contribution in [2.75, 3.05) is 5.84 Å². The Bertz CT molecular complexity index is 470. The molecule has 0 saturated carbocycles. The summed E-state index contributed by atoms with van der Waals surface area (Å²) in [6, 6.07) is 11.3. The highest BCUT2D eigenvalue weighted by Gasteiger charge is 1.94. The summed E-state index contributed by atoms with van der Waals surface area (Å²) in [6.45, 7) is 0. The Labute approximate surface area is 69.5 Å². The van der Waals surface area contributed by atoms with E-state index in [1.54, 1.807) is 6.07 Å². The molecule has 0 aliphatic heterocycles. The molecular weight excluding hydrogens is 150 g/mol. The number of para-hydroxylation sites is 1. The second-order valence-electron chi connectivity index (χ2n) is 2.65. The van der Waals surface area contributed by atoms with Crippen LogP contribution in [-0.4, -0.2) is 4.68 Å². The van der Waals surface area contributed by atoms with Gasteiger partial charge in [0.2, 0.25) is 0 Å². The monoisotopic (exact) mass is 159 g/mol. The molecule has 0 radical (unpaired) electrons. The Balaban J connectivity index is 3.01. The third kappa shape index (κ3) is 0.871. The van der Waals surface area contributed by atoms with E-state index < -0.39 is 0 Å². The molecule has 0 aliphatic rings. The van der Waals surface area contributed by atoms with Gasteiger partial charge >= 0.3 is 0 Å². The fourth-order valence-corrected chi connectivity index (χ4v) is 1.23. The minimum Gasteiger partial charge on any atom is -0.337 e. The van der Waals surface area contributed by atoms with E-state index in [-0.39, 0.29) is 0 Å². The van der Waals surface area contributed by atoms with E-state index in [9.17, 15) is 0 Å². The number of aromatic nitrogens is 1. The Morgan fingerprint density at radius 2 is 1.83 bits per heavy atom. The van der Waals surface area contributed by atoms with Crippen LogP contribution in [0.5, 0.6) is 0 Å². The lowest BCUT2D eigenvalue weighted by molar-refractivity contribution is 0.922. The molecule has 3 N–H and O–H groups in total. The smallest absolute Gasteiger partial charge is 0.143 e. The molecule has 0 atom stereocenters. The van der Waals surface area contributed by atoms with Gasteiger partial charge in [-0.05, 0) is 18.2 Å². The number of rotatable bonds is 0. The lowest BCUT2D eigenvalue weighted by Crippen LogP contribution is -2.26. The highest BCUT2D eigenvalue weighted by atomic mass is 15.3. The van der Waals surface area contributed by atoms with E-state index in [1.165, 1.54) is 4.68 Å². The zero-order valence-corrected chi connectivity index (χ0v) is 6.49. The normalized spacial score (nSPS) is 10.3. The van der Waals surface area contributed by atoms with Gasteiger partial charge in [0.15, 0.2) is 0 Å². The highest BCUT2D eigenvalue weighted by Crippen LogP contribution is 2.07. The first-order chi connectivity index (χ1) is 5.79. The van der Waals surface area contributed by atoms with Crippen molar-refractivity contribution < 1.29 is 0 Å². The number of nitrogens with zero attached hydrogens (tertiary/aromatic N) is 1. The quantitative estimate of drug-likeness (QED) is 0.550. The summed E-state index contributed by atoms with van der Waals surface area (Å²) in [7, 11) is 0. The summed E-state index contributed by atoms with van der Waals surface area (Å²) in [5.74, 6) is 5.65.